The molecule has 0 aromatic heterocycles. The van der Waals surface area contributed by atoms with Crippen LogP contribution in [0.2, 0.25) is 0 Å². The smallest absolute Gasteiger partial charge is 0.259 e. The van der Waals surface area contributed by atoms with Crippen molar-refractivity contribution < 1.29 is 9.53 Å². The molecule has 0 bridgehead atoms. The van der Waals surface area contributed by atoms with Gasteiger partial charge in [-0.1, -0.05) is 31.9 Å². The minimum Gasteiger partial charge on any atom is -0.483 e. The van der Waals surface area contributed by atoms with Crippen LogP contribution in [0.3, 0.4) is 0 Å². The first-order valence-electron chi connectivity index (χ1n) is 6.95. The normalized spacial score (nSPS) is 10.8. The predicted octanol–water partition coefficient (Wildman–Crippen LogP) is 2.99. The third-order valence-corrected chi connectivity index (χ3v) is 3.78. The molecule has 3 nitrogen and oxygen atoms in total. The minimum atomic E-state index is -0.567. The van der Waals surface area contributed by atoms with Crippen molar-refractivity contribution in [2.24, 2.45) is 0 Å². The molecule has 0 atom stereocenters. The van der Waals surface area contributed by atoms with Gasteiger partial charge in [-0.2, -0.15) is 0 Å². The van der Waals surface area contributed by atoms with Gasteiger partial charge in [-0.15, -0.1) is 6.42 Å². The molecule has 0 fully saturated rings. The zero-order chi connectivity index (χ0) is 15.2. The average Bonchev–Trinajstić information content (AvgIpc) is 2.46. The lowest BCUT2D eigenvalue weighted by molar-refractivity contribution is -0.124. The summed E-state index contributed by atoms with van der Waals surface area (Å²) >= 11 is 0. The molecule has 108 valence electrons. The lowest BCUT2D eigenvalue weighted by atomic mass is 9.94. The van der Waals surface area contributed by atoms with Gasteiger partial charge in [0.25, 0.3) is 5.91 Å². The number of aryl methyl sites for hydroxylation is 1. The fraction of sp³-hybridized carbons (Fsp3) is 0.471. The molecule has 0 aliphatic rings. The number of terminal acetylenes is 1. The summed E-state index contributed by atoms with van der Waals surface area (Å²) in [5.74, 6) is 3.23. The van der Waals surface area contributed by atoms with Crippen LogP contribution in [-0.2, 0) is 4.79 Å². The van der Waals surface area contributed by atoms with Crippen LogP contribution in [0, 0.1) is 26.2 Å². The predicted molar refractivity (Wildman–Crippen MR) is 81.7 cm³/mol. The van der Waals surface area contributed by atoms with E-state index in [1.54, 1.807) is 0 Å². The second-order valence-electron chi connectivity index (χ2n) is 4.97. The van der Waals surface area contributed by atoms with Crippen LogP contribution in [0.15, 0.2) is 18.2 Å². The summed E-state index contributed by atoms with van der Waals surface area (Å²) in [6.45, 7) is 7.91. The van der Waals surface area contributed by atoms with Crippen LogP contribution >= 0.6 is 0 Å². The second kappa shape index (κ2) is 7.00. The molecular weight excluding hydrogens is 250 g/mol. The molecule has 0 aliphatic carbocycles. The van der Waals surface area contributed by atoms with E-state index in [9.17, 15) is 4.79 Å². The highest BCUT2D eigenvalue weighted by molar-refractivity contribution is 5.79. The highest BCUT2D eigenvalue weighted by atomic mass is 16.5. The quantitative estimate of drug-likeness (QED) is 0.809. The molecule has 1 N–H and O–H groups in total. The standard InChI is InChI=1S/C17H23NO2/c1-6-17(7-2,8-3)18-16(19)12-20-15-11-9-10-13(4)14(15)5/h1,9-11H,7-8,12H2,2-5H3,(H,18,19). The van der Waals surface area contributed by atoms with E-state index >= 15 is 0 Å². The van der Waals surface area contributed by atoms with E-state index in [-0.39, 0.29) is 12.5 Å². The lowest BCUT2D eigenvalue weighted by Gasteiger charge is -2.27. The number of nitrogens with one attached hydrogen (secondary N) is 1. The minimum absolute atomic E-state index is 0.0201. The van der Waals surface area contributed by atoms with Crippen molar-refractivity contribution in [3.8, 4) is 18.1 Å². The van der Waals surface area contributed by atoms with Gasteiger partial charge in [0.15, 0.2) is 6.61 Å². The van der Waals surface area contributed by atoms with E-state index in [2.05, 4.69) is 11.2 Å². The zero-order valence-electron chi connectivity index (χ0n) is 12.7. The molecule has 0 spiro atoms. The largest absolute Gasteiger partial charge is 0.483 e. The van der Waals surface area contributed by atoms with Gasteiger partial charge in [-0.05, 0) is 43.9 Å². The Hall–Kier alpha value is -1.95. The van der Waals surface area contributed by atoms with E-state index in [0.29, 0.717) is 12.8 Å². The fourth-order valence-corrected chi connectivity index (χ4v) is 1.99. The van der Waals surface area contributed by atoms with E-state index in [1.165, 1.54) is 0 Å². The fourth-order valence-electron chi connectivity index (χ4n) is 1.99. The van der Waals surface area contributed by atoms with Crippen LogP contribution in [-0.4, -0.2) is 18.1 Å². The summed E-state index contributed by atoms with van der Waals surface area (Å²) < 4.78 is 5.58. The van der Waals surface area contributed by atoms with Gasteiger partial charge in [0, 0.05) is 0 Å². The number of ether oxygens (including phenoxy) is 1. The molecule has 3 heteroatoms. The van der Waals surface area contributed by atoms with Crippen molar-refractivity contribution in [3.63, 3.8) is 0 Å². The summed E-state index contributed by atoms with van der Waals surface area (Å²) in [6.07, 6.45) is 6.93. The molecule has 0 heterocycles. The summed E-state index contributed by atoms with van der Waals surface area (Å²) in [5, 5.41) is 2.88. The Morgan fingerprint density at radius 3 is 2.55 bits per heavy atom. The maximum absolute atomic E-state index is 12.0. The molecule has 0 aliphatic heterocycles. The van der Waals surface area contributed by atoms with Crippen LogP contribution in [0.5, 0.6) is 5.75 Å². The van der Waals surface area contributed by atoms with Crippen molar-refractivity contribution in [2.75, 3.05) is 6.61 Å². The molecular formula is C17H23NO2. The number of benzene rings is 1. The maximum atomic E-state index is 12.0. The van der Waals surface area contributed by atoms with Crippen LogP contribution in [0.4, 0.5) is 0 Å². The molecule has 0 unspecified atom stereocenters. The van der Waals surface area contributed by atoms with Crippen LogP contribution in [0.25, 0.3) is 0 Å². The van der Waals surface area contributed by atoms with Crippen LogP contribution in [0.1, 0.15) is 37.8 Å². The zero-order valence-corrected chi connectivity index (χ0v) is 12.7. The third-order valence-electron chi connectivity index (χ3n) is 3.78. The lowest BCUT2D eigenvalue weighted by Crippen LogP contribution is -2.48. The topological polar surface area (TPSA) is 38.3 Å². The highest BCUT2D eigenvalue weighted by Gasteiger charge is 2.25. The summed E-state index contributed by atoms with van der Waals surface area (Å²) in [7, 11) is 0. The van der Waals surface area contributed by atoms with Gasteiger partial charge >= 0.3 is 0 Å². The molecule has 0 saturated carbocycles. The molecule has 1 rings (SSSR count). The van der Waals surface area contributed by atoms with E-state index in [4.69, 9.17) is 11.2 Å². The number of hydrogen-bond acceptors (Lipinski definition) is 2. The molecule has 0 saturated heterocycles. The highest BCUT2D eigenvalue weighted by Crippen LogP contribution is 2.20. The maximum Gasteiger partial charge on any atom is 0.259 e. The number of amides is 1. The molecule has 20 heavy (non-hydrogen) atoms. The first-order chi connectivity index (χ1) is 9.48. The van der Waals surface area contributed by atoms with E-state index in [1.807, 2.05) is 45.9 Å². The Morgan fingerprint density at radius 2 is 2.00 bits per heavy atom. The Kier molecular flexibility index (Phi) is 5.64. The molecule has 1 amide bonds. The van der Waals surface area contributed by atoms with Crippen molar-refractivity contribution in [2.45, 2.75) is 46.1 Å². The van der Waals surface area contributed by atoms with Crippen molar-refractivity contribution in [3.05, 3.63) is 29.3 Å². The summed E-state index contributed by atoms with van der Waals surface area (Å²) in [6, 6.07) is 5.79. The van der Waals surface area contributed by atoms with Crippen molar-refractivity contribution in [1.29, 1.82) is 0 Å². The van der Waals surface area contributed by atoms with E-state index in [0.717, 1.165) is 16.9 Å². The van der Waals surface area contributed by atoms with Gasteiger partial charge in [0.1, 0.15) is 11.3 Å². The van der Waals surface area contributed by atoms with Gasteiger partial charge in [-0.3, -0.25) is 4.79 Å². The molecule has 1 aromatic rings. The first-order valence-corrected chi connectivity index (χ1v) is 6.95. The van der Waals surface area contributed by atoms with Gasteiger partial charge in [0.05, 0.1) is 0 Å². The number of rotatable bonds is 6. The average molecular weight is 273 g/mol. The second-order valence-corrected chi connectivity index (χ2v) is 4.97. The van der Waals surface area contributed by atoms with Crippen LogP contribution < -0.4 is 10.1 Å². The van der Waals surface area contributed by atoms with Crippen molar-refractivity contribution >= 4 is 5.91 Å². The van der Waals surface area contributed by atoms with E-state index < -0.39 is 5.54 Å². The third kappa shape index (κ3) is 3.77. The molecule has 1 aromatic carbocycles. The van der Waals surface area contributed by atoms with Gasteiger partial charge in [-0.25, -0.2) is 0 Å². The Morgan fingerprint density at radius 1 is 1.35 bits per heavy atom. The number of carbonyl (C=O) groups excluding carboxylic acids is 1. The Balaban J connectivity index is 2.64. The Labute approximate surface area is 121 Å². The monoisotopic (exact) mass is 273 g/mol. The number of hydrogen-bond donors (Lipinski definition) is 1. The van der Waals surface area contributed by atoms with Crippen molar-refractivity contribution in [1.82, 2.24) is 5.32 Å². The Bertz CT molecular complexity index is 510. The SMILES string of the molecule is C#CC(CC)(CC)NC(=O)COc1cccc(C)c1C. The number of carbonyl (C=O) groups is 1. The molecule has 0 radical (unpaired) electrons. The summed E-state index contributed by atoms with van der Waals surface area (Å²) in [5.41, 5.74) is 1.62. The summed E-state index contributed by atoms with van der Waals surface area (Å²) in [4.78, 5) is 12.0. The van der Waals surface area contributed by atoms with Gasteiger partial charge in [0.2, 0.25) is 0 Å². The first kappa shape index (κ1) is 16.1. The van der Waals surface area contributed by atoms with Gasteiger partial charge < -0.3 is 10.1 Å².